The maximum atomic E-state index is 9.78. The monoisotopic (exact) mass is 250 g/mol. The Kier molecular flexibility index (Phi) is 6.81. The molecule has 1 heterocycles. The van der Waals surface area contributed by atoms with Gasteiger partial charge in [0.1, 0.15) is 5.75 Å². The second kappa shape index (κ2) is 8.15. The van der Waals surface area contributed by atoms with Gasteiger partial charge in [-0.2, -0.15) is 0 Å². The van der Waals surface area contributed by atoms with E-state index in [9.17, 15) is 5.11 Å². The van der Waals surface area contributed by atoms with Crippen molar-refractivity contribution in [2.75, 3.05) is 6.61 Å². The molecule has 0 bridgehead atoms. The van der Waals surface area contributed by atoms with Crippen LogP contribution in [0.5, 0.6) is 5.75 Å². The number of ether oxygens (including phenoxy) is 1. The van der Waals surface area contributed by atoms with Crippen LogP contribution in [0.2, 0.25) is 0 Å². The summed E-state index contributed by atoms with van der Waals surface area (Å²) in [7, 11) is 0. The Morgan fingerprint density at radius 1 is 1.28 bits per heavy atom. The minimum atomic E-state index is 0.113. The number of rotatable bonds is 3. The first-order chi connectivity index (χ1) is 8.72. The van der Waals surface area contributed by atoms with Crippen LogP contribution in [0.4, 0.5) is 0 Å². The van der Waals surface area contributed by atoms with Crippen molar-refractivity contribution in [3.8, 4) is 5.75 Å². The standard InChI is InChI=1S/C13H18O2.C3H8/c1-2-4-10-6-7-12(14)11(9-10)13-5-3-8-15-13;1-3-2/h6-7,9,13-14H,2-5,8H2,1H3;3H2,1-2H3. The molecule has 0 radical (unpaired) electrons. The van der Waals surface area contributed by atoms with E-state index in [0.29, 0.717) is 5.75 Å². The molecule has 0 spiro atoms. The summed E-state index contributed by atoms with van der Waals surface area (Å²) in [5.74, 6) is 0.377. The van der Waals surface area contributed by atoms with Gasteiger partial charge in [0.15, 0.2) is 0 Å². The maximum absolute atomic E-state index is 9.78. The topological polar surface area (TPSA) is 29.5 Å². The van der Waals surface area contributed by atoms with Gasteiger partial charge in [-0.3, -0.25) is 0 Å². The van der Waals surface area contributed by atoms with Crippen molar-refractivity contribution < 1.29 is 9.84 Å². The van der Waals surface area contributed by atoms with Gasteiger partial charge in [0.05, 0.1) is 6.10 Å². The molecule has 1 aromatic rings. The molecule has 1 aliphatic heterocycles. The second-order valence-corrected chi connectivity index (χ2v) is 4.85. The van der Waals surface area contributed by atoms with Crippen molar-refractivity contribution in [3.63, 3.8) is 0 Å². The summed E-state index contributed by atoms with van der Waals surface area (Å²) < 4.78 is 5.59. The van der Waals surface area contributed by atoms with Gasteiger partial charge in [-0.1, -0.05) is 39.7 Å². The maximum Gasteiger partial charge on any atom is 0.121 e. The van der Waals surface area contributed by atoms with Crippen LogP contribution < -0.4 is 0 Å². The molecule has 0 amide bonds. The highest BCUT2D eigenvalue weighted by Gasteiger charge is 2.20. The highest BCUT2D eigenvalue weighted by atomic mass is 16.5. The molecule has 0 saturated carbocycles. The Hall–Kier alpha value is -1.02. The number of phenolic OH excluding ortho intramolecular Hbond substituents is 1. The molecule has 1 aliphatic rings. The van der Waals surface area contributed by atoms with Gasteiger partial charge >= 0.3 is 0 Å². The molecule has 1 saturated heterocycles. The number of aryl methyl sites for hydroxylation is 1. The SMILES string of the molecule is CCC.CCCc1ccc(O)c(C2CCCO2)c1. The van der Waals surface area contributed by atoms with Crippen molar-refractivity contribution in [1.29, 1.82) is 0 Å². The van der Waals surface area contributed by atoms with E-state index >= 15 is 0 Å². The Bertz CT molecular complexity index is 341. The zero-order valence-electron chi connectivity index (χ0n) is 11.9. The van der Waals surface area contributed by atoms with Crippen LogP contribution in [-0.2, 0) is 11.2 Å². The second-order valence-electron chi connectivity index (χ2n) is 4.85. The normalized spacial score (nSPS) is 18.3. The molecule has 2 nitrogen and oxygen atoms in total. The van der Waals surface area contributed by atoms with E-state index in [-0.39, 0.29) is 6.10 Å². The molecule has 1 fully saturated rings. The summed E-state index contributed by atoms with van der Waals surface area (Å²) in [4.78, 5) is 0. The average Bonchev–Trinajstić information content (AvgIpc) is 2.86. The van der Waals surface area contributed by atoms with E-state index in [1.807, 2.05) is 6.07 Å². The minimum absolute atomic E-state index is 0.113. The molecule has 1 unspecified atom stereocenters. The number of hydrogen-bond acceptors (Lipinski definition) is 2. The fourth-order valence-electron chi connectivity index (χ4n) is 2.13. The highest BCUT2D eigenvalue weighted by Crippen LogP contribution is 2.34. The Morgan fingerprint density at radius 3 is 2.56 bits per heavy atom. The predicted octanol–water partition coefficient (Wildman–Crippen LogP) is 4.61. The predicted molar refractivity (Wildman–Crippen MR) is 76.0 cm³/mol. The lowest BCUT2D eigenvalue weighted by atomic mass is 10.0. The van der Waals surface area contributed by atoms with E-state index in [0.717, 1.165) is 37.9 Å². The summed E-state index contributed by atoms with van der Waals surface area (Å²) in [6.45, 7) is 7.24. The van der Waals surface area contributed by atoms with E-state index < -0.39 is 0 Å². The van der Waals surface area contributed by atoms with Crippen LogP contribution in [0, 0.1) is 0 Å². The lowest BCUT2D eigenvalue weighted by Crippen LogP contribution is -1.97. The first kappa shape index (κ1) is 15.0. The zero-order chi connectivity index (χ0) is 13.4. The fraction of sp³-hybridized carbons (Fsp3) is 0.625. The van der Waals surface area contributed by atoms with Gasteiger partial charge in [0.2, 0.25) is 0 Å². The van der Waals surface area contributed by atoms with Crippen LogP contribution in [0.3, 0.4) is 0 Å². The Balaban J connectivity index is 0.000000492. The van der Waals surface area contributed by atoms with Crippen molar-refractivity contribution in [2.24, 2.45) is 0 Å². The molecular weight excluding hydrogens is 224 g/mol. The summed E-state index contributed by atoms with van der Waals surface area (Å²) in [5, 5.41) is 9.78. The van der Waals surface area contributed by atoms with Crippen molar-refractivity contribution in [3.05, 3.63) is 29.3 Å². The fourth-order valence-corrected chi connectivity index (χ4v) is 2.13. The molecule has 1 aromatic carbocycles. The molecule has 102 valence electrons. The number of phenols is 1. The van der Waals surface area contributed by atoms with Crippen LogP contribution in [-0.4, -0.2) is 11.7 Å². The van der Waals surface area contributed by atoms with E-state index in [4.69, 9.17) is 4.74 Å². The third-order valence-corrected chi connectivity index (χ3v) is 2.91. The summed E-state index contributed by atoms with van der Waals surface area (Å²) in [6, 6.07) is 5.88. The molecule has 0 aromatic heterocycles. The summed E-state index contributed by atoms with van der Waals surface area (Å²) >= 11 is 0. The molecule has 1 N–H and O–H groups in total. The number of benzene rings is 1. The minimum Gasteiger partial charge on any atom is -0.508 e. The quantitative estimate of drug-likeness (QED) is 0.848. The van der Waals surface area contributed by atoms with Gasteiger partial charge in [-0.05, 0) is 37.0 Å². The van der Waals surface area contributed by atoms with Gasteiger partial charge in [-0.25, -0.2) is 0 Å². The molecular formula is C16H26O2. The van der Waals surface area contributed by atoms with E-state index in [1.165, 1.54) is 12.0 Å². The van der Waals surface area contributed by atoms with Gasteiger partial charge < -0.3 is 9.84 Å². The van der Waals surface area contributed by atoms with E-state index in [1.54, 1.807) is 6.07 Å². The lowest BCUT2D eigenvalue weighted by molar-refractivity contribution is 0.109. The van der Waals surface area contributed by atoms with Gasteiger partial charge in [-0.15, -0.1) is 0 Å². The largest absolute Gasteiger partial charge is 0.508 e. The lowest BCUT2D eigenvalue weighted by Gasteiger charge is -2.13. The highest BCUT2D eigenvalue weighted by molar-refractivity contribution is 5.38. The van der Waals surface area contributed by atoms with Crippen LogP contribution in [0.15, 0.2) is 18.2 Å². The van der Waals surface area contributed by atoms with Crippen LogP contribution in [0.25, 0.3) is 0 Å². The Labute approximate surface area is 111 Å². The van der Waals surface area contributed by atoms with E-state index in [2.05, 4.69) is 26.8 Å². The molecule has 2 heteroatoms. The van der Waals surface area contributed by atoms with Crippen LogP contribution >= 0.6 is 0 Å². The molecule has 0 aliphatic carbocycles. The zero-order valence-corrected chi connectivity index (χ0v) is 11.9. The van der Waals surface area contributed by atoms with Crippen LogP contribution in [0.1, 0.15) is 63.7 Å². The smallest absolute Gasteiger partial charge is 0.121 e. The average molecular weight is 250 g/mol. The first-order valence-corrected chi connectivity index (χ1v) is 7.16. The molecule has 2 rings (SSSR count). The third-order valence-electron chi connectivity index (χ3n) is 2.91. The number of aromatic hydroxyl groups is 1. The van der Waals surface area contributed by atoms with Crippen molar-refractivity contribution in [2.45, 2.75) is 59.0 Å². The molecule has 18 heavy (non-hydrogen) atoms. The van der Waals surface area contributed by atoms with Crippen molar-refractivity contribution in [1.82, 2.24) is 0 Å². The first-order valence-electron chi connectivity index (χ1n) is 7.16. The number of hydrogen-bond donors (Lipinski definition) is 1. The third kappa shape index (κ3) is 4.34. The van der Waals surface area contributed by atoms with Gasteiger partial charge in [0, 0.05) is 12.2 Å². The molecule has 1 atom stereocenters. The van der Waals surface area contributed by atoms with Gasteiger partial charge in [0.25, 0.3) is 0 Å². The summed E-state index contributed by atoms with van der Waals surface area (Å²) in [5.41, 5.74) is 2.26. The Morgan fingerprint density at radius 2 is 2.00 bits per heavy atom. The van der Waals surface area contributed by atoms with Crippen molar-refractivity contribution >= 4 is 0 Å². The summed E-state index contributed by atoms with van der Waals surface area (Å²) in [6.07, 6.45) is 5.70.